The van der Waals surface area contributed by atoms with Gasteiger partial charge in [-0.3, -0.25) is 0 Å². The second-order valence-electron chi connectivity index (χ2n) is 4.34. The summed E-state index contributed by atoms with van der Waals surface area (Å²) in [5, 5.41) is 4.45. The lowest BCUT2D eigenvalue weighted by atomic mass is 9.93. The molecule has 3 N–H and O–H groups in total. The SMILES string of the molecule is NC[C@]1(Cc2ccc(Cl)c(Cl)c2)CNCCO1. The van der Waals surface area contributed by atoms with Crippen molar-refractivity contribution in [2.24, 2.45) is 5.73 Å². The lowest BCUT2D eigenvalue weighted by Gasteiger charge is -2.37. The minimum Gasteiger partial charge on any atom is -0.371 e. The molecular weight excluding hydrogens is 259 g/mol. The Hall–Kier alpha value is -0.320. The van der Waals surface area contributed by atoms with Gasteiger partial charge in [-0.2, -0.15) is 0 Å². The van der Waals surface area contributed by atoms with Crippen LogP contribution in [-0.4, -0.2) is 31.8 Å². The van der Waals surface area contributed by atoms with Gasteiger partial charge in [0.15, 0.2) is 0 Å². The molecule has 0 aromatic heterocycles. The molecule has 1 heterocycles. The van der Waals surface area contributed by atoms with Crippen LogP contribution in [0.15, 0.2) is 18.2 Å². The van der Waals surface area contributed by atoms with Crippen LogP contribution in [0.25, 0.3) is 0 Å². The molecule has 5 heteroatoms. The largest absolute Gasteiger partial charge is 0.371 e. The highest BCUT2D eigenvalue weighted by Gasteiger charge is 2.32. The van der Waals surface area contributed by atoms with E-state index >= 15 is 0 Å². The fourth-order valence-corrected chi connectivity index (χ4v) is 2.37. The van der Waals surface area contributed by atoms with Gasteiger partial charge in [0.25, 0.3) is 0 Å². The summed E-state index contributed by atoms with van der Waals surface area (Å²) in [4.78, 5) is 0. The Kier molecular flexibility index (Phi) is 4.28. The van der Waals surface area contributed by atoms with Gasteiger partial charge in [-0.25, -0.2) is 0 Å². The van der Waals surface area contributed by atoms with E-state index in [4.69, 9.17) is 33.7 Å². The molecule has 0 amide bonds. The molecule has 0 bridgehead atoms. The Morgan fingerprint density at radius 3 is 2.76 bits per heavy atom. The first kappa shape index (κ1) is 13.1. The number of hydrogen-bond acceptors (Lipinski definition) is 3. The Morgan fingerprint density at radius 1 is 1.35 bits per heavy atom. The van der Waals surface area contributed by atoms with Crippen molar-refractivity contribution in [3.63, 3.8) is 0 Å². The Bertz CT molecular complexity index is 392. The highest BCUT2D eigenvalue weighted by atomic mass is 35.5. The van der Waals surface area contributed by atoms with Crippen LogP contribution in [-0.2, 0) is 11.2 Å². The fraction of sp³-hybridized carbons (Fsp3) is 0.500. The molecule has 94 valence electrons. The molecule has 1 atom stereocenters. The average Bonchev–Trinajstić information content (AvgIpc) is 2.35. The van der Waals surface area contributed by atoms with Crippen LogP contribution in [0.5, 0.6) is 0 Å². The van der Waals surface area contributed by atoms with Crippen molar-refractivity contribution in [1.29, 1.82) is 0 Å². The first-order valence-corrected chi connectivity index (χ1v) is 6.39. The van der Waals surface area contributed by atoms with Crippen LogP contribution < -0.4 is 11.1 Å². The van der Waals surface area contributed by atoms with Crippen molar-refractivity contribution in [3.8, 4) is 0 Å². The number of halogens is 2. The standard InChI is InChI=1S/C12H16Cl2N2O/c13-10-2-1-9(5-11(10)14)6-12(7-15)8-16-3-4-17-12/h1-2,5,16H,3-4,6-8,15H2/t12-/m1/s1. The zero-order valence-electron chi connectivity index (χ0n) is 9.51. The number of benzene rings is 1. The monoisotopic (exact) mass is 274 g/mol. The van der Waals surface area contributed by atoms with Crippen molar-refractivity contribution < 1.29 is 4.74 Å². The second-order valence-corrected chi connectivity index (χ2v) is 5.15. The van der Waals surface area contributed by atoms with Crippen molar-refractivity contribution in [1.82, 2.24) is 5.32 Å². The molecule has 1 aliphatic heterocycles. The van der Waals surface area contributed by atoms with Gasteiger partial charge in [-0.15, -0.1) is 0 Å². The van der Waals surface area contributed by atoms with E-state index in [0.29, 0.717) is 23.2 Å². The predicted molar refractivity (Wildman–Crippen MR) is 70.8 cm³/mol. The maximum Gasteiger partial charge on any atom is 0.0968 e. The zero-order valence-corrected chi connectivity index (χ0v) is 11.0. The van der Waals surface area contributed by atoms with Crippen molar-refractivity contribution in [2.45, 2.75) is 12.0 Å². The van der Waals surface area contributed by atoms with Gasteiger partial charge < -0.3 is 15.8 Å². The molecule has 0 unspecified atom stereocenters. The molecule has 1 aliphatic rings. The minimum atomic E-state index is -0.324. The summed E-state index contributed by atoms with van der Waals surface area (Å²) in [5.74, 6) is 0. The number of morpholine rings is 1. The molecule has 1 aromatic rings. The predicted octanol–water partition coefficient (Wildman–Crippen LogP) is 1.85. The van der Waals surface area contributed by atoms with E-state index in [1.165, 1.54) is 0 Å². The maximum absolute atomic E-state index is 6.00. The lowest BCUT2D eigenvalue weighted by Crippen LogP contribution is -2.55. The molecule has 17 heavy (non-hydrogen) atoms. The smallest absolute Gasteiger partial charge is 0.0968 e. The average molecular weight is 275 g/mol. The Morgan fingerprint density at radius 2 is 2.18 bits per heavy atom. The van der Waals surface area contributed by atoms with E-state index in [9.17, 15) is 0 Å². The van der Waals surface area contributed by atoms with Gasteiger partial charge in [0, 0.05) is 26.1 Å². The highest BCUT2D eigenvalue weighted by Crippen LogP contribution is 2.26. The summed E-state index contributed by atoms with van der Waals surface area (Å²) in [7, 11) is 0. The number of nitrogens with two attached hydrogens (primary N) is 1. The van der Waals surface area contributed by atoms with Gasteiger partial charge in [-0.05, 0) is 17.7 Å². The topological polar surface area (TPSA) is 47.3 Å². The molecule has 0 saturated carbocycles. The van der Waals surface area contributed by atoms with E-state index in [1.54, 1.807) is 6.07 Å². The number of hydrogen-bond donors (Lipinski definition) is 2. The Balaban J connectivity index is 2.14. The fourth-order valence-electron chi connectivity index (χ4n) is 2.05. The van der Waals surface area contributed by atoms with Crippen LogP contribution in [0, 0.1) is 0 Å². The maximum atomic E-state index is 6.00. The summed E-state index contributed by atoms with van der Waals surface area (Å²) in [6.07, 6.45) is 0.743. The van der Waals surface area contributed by atoms with Gasteiger partial charge in [0.1, 0.15) is 0 Å². The van der Waals surface area contributed by atoms with E-state index < -0.39 is 0 Å². The van der Waals surface area contributed by atoms with Crippen LogP contribution in [0.3, 0.4) is 0 Å². The summed E-state index contributed by atoms with van der Waals surface area (Å²) in [6.45, 7) is 2.83. The van der Waals surface area contributed by atoms with Crippen LogP contribution >= 0.6 is 23.2 Å². The minimum absolute atomic E-state index is 0.324. The van der Waals surface area contributed by atoms with E-state index in [0.717, 1.165) is 25.1 Å². The molecule has 2 rings (SSSR count). The van der Waals surface area contributed by atoms with Crippen molar-refractivity contribution >= 4 is 23.2 Å². The molecule has 0 radical (unpaired) electrons. The molecule has 1 saturated heterocycles. The van der Waals surface area contributed by atoms with Crippen LogP contribution in [0.2, 0.25) is 10.0 Å². The summed E-state index contributed by atoms with van der Waals surface area (Å²) >= 11 is 11.9. The highest BCUT2D eigenvalue weighted by molar-refractivity contribution is 6.42. The van der Waals surface area contributed by atoms with E-state index in [-0.39, 0.29) is 5.60 Å². The normalized spacial score (nSPS) is 24.9. The summed E-state index contributed by atoms with van der Waals surface area (Å²) in [6, 6.07) is 5.64. The summed E-state index contributed by atoms with van der Waals surface area (Å²) in [5.41, 5.74) is 6.60. The van der Waals surface area contributed by atoms with Crippen LogP contribution in [0.1, 0.15) is 5.56 Å². The van der Waals surface area contributed by atoms with Crippen molar-refractivity contribution in [3.05, 3.63) is 33.8 Å². The molecule has 3 nitrogen and oxygen atoms in total. The molecular formula is C12H16Cl2N2O. The lowest BCUT2D eigenvalue weighted by molar-refractivity contribution is -0.0584. The molecule has 1 aromatic carbocycles. The van der Waals surface area contributed by atoms with Gasteiger partial charge in [-0.1, -0.05) is 29.3 Å². The molecule has 0 aliphatic carbocycles. The quantitative estimate of drug-likeness (QED) is 0.885. The zero-order chi connectivity index (χ0) is 12.3. The molecule has 0 spiro atoms. The first-order chi connectivity index (χ1) is 8.15. The Labute approximate surface area is 111 Å². The van der Waals surface area contributed by atoms with Gasteiger partial charge >= 0.3 is 0 Å². The number of rotatable bonds is 3. The number of ether oxygens (including phenoxy) is 1. The third-order valence-electron chi connectivity index (χ3n) is 3.02. The number of nitrogens with one attached hydrogen (secondary N) is 1. The van der Waals surface area contributed by atoms with Gasteiger partial charge in [0.2, 0.25) is 0 Å². The molecule has 1 fully saturated rings. The second kappa shape index (κ2) is 5.55. The first-order valence-electron chi connectivity index (χ1n) is 5.64. The van der Waals surface area contributed by atoms with E-state index in [1.807, 2.05) is 12.1 Å². The van der Waals surface area contributed by atoms with Crippen molar-refractivity contribution in [2.75, 3.05) is 26.2 Å². The van der Waals surface area contributed by atoms with E-state index in [2.05, 4.69) is 5.32 Å². The third-order valence-corrected chi connectivity index (χ3v) is 3.76. The van der Waals surface area contributed by atoms with Gasteiger partial charge in [0.05, 0.1) is 22.3 Å². The van der Waals surface area contributed by atoms with Crippen LogP contribution in [0.4, 0.5) is 0 Å². The third kappa shape index (κ3) is 3.12. The summed E-state index contributed by atoms with van der Waals surface area (Å²) < 4.78 is 5.83.